The summed E-state index contributed by atoms with van der Waals surface area (Å²) in [4.78, 5) is 23.2. The minimum absolute atomic E-state index is 0.120. The van der Waals surface area contributed by atoms with Crippen molar-refractivity contribution in [1.29, 1.82) is 0 Å². The molecule has 0 aliphatic heterocycles. The number of nitrogens with two attached hydrogens (primary N) is 1. The first-order chi connectivity index (χ1) is 9.97. The first kappa shape index (κ1) is 17.0. The Morgan fingerprint density at radius 3 is 2.14 bits per heavy atom. The largest absolute Gasteiger partial charge is 0.450 e. The minimum atomic E-state index is -0.535. The van der Waals surface area contributed by atoms with Crippen molar-refractivity contribution in [2.75, 3.05) is 17.2 Å². The van der Waals surface area contributed by atoms with Gasteiger partial charge in [-0.25, -0.2) is 4.79 Å². The van der Waals surface area contributed by atoms with Crippen LogP contribution in [-0.4, -0.2) is 24.6 Å². The van der Waals surface area contributed by atoms with Crippen molar-refractivity contribution >= 4 is 23.4 Å². The van der Waals surface area contributed by atoms with E-state index < -0.39 is 12.1 Å². The number of rotatable bonds is 6. The highest BCUT2D eigenvalue weighted by Gasteiger charge is 2.19. The lowest BCUT2D eigenvalue weighted by Crippen LogP contribution is -2.40. The van der Waals surface area contributed by atoms with Crippen molar-refractivity contribution in [1.82, 2.24) is 0 Å². The monoisotopic (exact) mass is 293 g/mol. The number of carbonyl (C=O) groups excluding carboxylic acids is 2. The van der Waals surface area contributed by atoms with Gasteiger partial charge in [-0.3, -0.25) is 10.1 Å². The topological polar surface area (TPSA) is 93.5 Å². The summed E-state index contributed by atoms with van der Waals surface area (Å²) in [5.41, 5.74) is 7.09. The van der Waals surface area contributed by atoms with Gasteiger partial charge in [0, 0.05) is 11.4 Å². The third-order valence-corrected chi connectivity index (χ3v) is 3.23. The van der Waals surface area contributed by atoms with Crippen LogP contribution in [-0.2, 0) is 9.53 Å². The highest BCUT2D eigenvalue weighted by atomic mass is 16.5. The van der Waals surface area contributed by atoms with Gasteiger partial charge in [-0.15, -0.1) is 0 Å². The van der Waals surface area contributed by atoms with Crippen LogP contribution in [0.3, 0.4) is 0 Å². The molecule has 6 heteroatoms. The molecule has 1 aromatic carbocycles. The molecule has 1 aromatic rings. The van der Waals surface area contributed by atoms with E-state index in [1.165, 1.54) is 0 Å². The van der Waals surface area contributed by atoms with Crippen molar-refractivity contribution in [3.05, 3.63) is 24.3 Å². The Hall–Kier alpha value is -2.08. The smallest absolute Gasteiger partial charge is 0.411 e. The fourth-order valence-corrected chi connectivity index (χ4v) is 1.66. The van der Waals surface area contributed by atoms with E-state index >= 15 is 0 Å². The second-order valence-electron chi connectivity index (χ2n) is 4.82. The molecule has 21 heavy (non-hydrogen) atoms. The van der Waals surface area contributed by atoms with Crippen LogP contribution in [0.2, 0.25) is 0 Å². The molecule has 6 nitrogen and oxygen atoms in total. The van der Waals surface area contributed by atoms with Gasteiger partial charge in [0.1, 0.15) is 0 Å². The summed E-state index contributed by atoms with van der Waals surface area (Å²) in [6, 6.07) is 6.22. The van der Waals surface area contributed by atoms with Crippen LogP contribution >= 0.6 is 0 Å². The highest BCUT2D eigenvalue weighted by molar-refractivity contribution is 5.95. The summed E-state index contributed by atoms with van der Waals surface area (Å²) in [5.74, 6) is -0.0924. The molecule has 2 amide bonds. The number of hydrogen-bond donors (Lipinski definition) is 3. The Labute approximate surface area is 125 Å². The number of carbonyl (C=O) groups is 2. The van der Waals surface area contributed by atoms with Gasteiger partial charge in [-0.05, 0) is 37.1 Å². The molecule has 116 valence electrons. The second kappa shape index (κ2) is 8.26. The average Bonchev–Trinajstić information content (AvgIpc) is 2.47. The maximum Gasteiger partial charge on any atom is 0.411 e. The SMILES string of the molecule is CCOC(=O)Nc1ccc(NC(=O)[C@@H](N)C(C)CC)cc1. The predicted octanol–water partition coefficient (Wildman–Crippen LogP) is 2.57. The molecule has 4 N–H and O–H groups in total. The average molecular weight is 293 g/mol. The summed E-state index contributed by atoms with van der Waals surface area (Å²) in [5, 5.41) is 5.33. The molecular weight excluding hydrogens is 270 g/mol. The van der Waals surface area contributed by atoms with E-state index in [1.54, 1.807) is 31.2 Å². The maximum absolute atomic E-state index is 11.9. The van der Waals surface area contributed by atoms with Crippen LogP contribution in [0.4, 0.5) is 16.2 Å². The van der Waals surface area contributed by atoms with Gasteiger partial charge >= 0.3 is 6.09 Å². The van der Waals surface area contributed by atoms with Crippen LogP contribution in [0.25, 0.3) is 0 Å². The van der Waals surface area contributed by atoms with Gasteiger partial charge in [-0.2, -0.15) is 0 Å². The van der Waals surface area contributed by atoms with Crippen LogP contribution in [0.5, 0.6) is 0 Å². The molecule has 0 bridgehead atoms. The van der Waals surface area contributed by atoms with E-state index in [9.17, 15) is 9.59 Å². The zero-order valence-electron chi connectivity index (χ0n) is 12.7. The van der Waals surface area contributed by atoms with Gasteiger partial charge in [0.15, 0.2) is 0 Å². The summed E-state index contributed by atoms with van der Waals surface area (Å²) in [6.45, 7) is 5.98. The zero-order valence-corrected chi connectivity index (χ0v) is 12.7. The zero-order chi connectivity index (χ0) is 15.8. The molecule has 2 atom stereocenters. The van der Waals surface area contributed by atoms with Gasteiger partial charge in [0.25, 0.3) is 0 Å². The molecule has 0 radical (unpaired) electrons. The van der Waals surface area contributed by atoms with Crippen LogP contribution in [0.15, 0.2) is 24.3 Å². The molecule has 0 saturated heterocycles. The Kier molecular flexibility index (Phi) is 6.68. The van der Waals surface area contributed by atoms with E-state index in [0.29, 0.717) is 18.0 Å². The van der Waals surface area contributed by atoms with Gasteiger partial charge in [0.2, 0.25) is 5.91 Å². The van der Waals surface area contributed by atoms with Gasteiger partial charge < -0.3 is 15.8 Å². The maximum atomic E-state index is 11.9. The van der Waals surface area contributed by atoms with Crippen molar-refractivity contribution < 1.29 is 14.3 Å². The predicted molar refractivity (Wildman–Crippen MR) is 83.1 cm³/mol. The number of anilines is 2. The summed E-state index contributed by atoms with van der Waals surface area (Å²) in [7, 11) is 0. The molecular formula is C15H23N3O3. The Bertz CT molecular complexity index is 474. The van der Waals surface area contributed by atoms with Crippen LogP contribution in [0.1, 0.15) is 27.2 Å². The number of amides is 2. The quantitative estimate of drug-likeness (QED) is 0.751. The van der Waals surface area contributed by atoms with E-state index in [2.05, 4.69) is 10.6 Å². The molecule has 0 saturated carbocycles. The second-order valence-corrected chi connectivity index (χ2v) is 4.82. The van der Waals surface area contributed by atoms with E-state index in [4.69, 9.17) is 10.5 Å². The van der Waals surface area contributed by atoms with E-state index in [0.717, 1.165) is 6.42 Å². The molecule has 0 aliphatic rings. The lowest BCUT2D eigenvalue weighted by atomic mass is 9.99. The first-order valence-corrected chi connectivity index (χ1v) is 7.08. The van der Waals surface area contributed by atoms with Crippen molar-refractivity contribution in [3.8, 4) is 0 Å². The number of nitrogens with one attached hydrogen (secondary N) is 2. The molecule has 1 rings (SSSR count). The molecule has 1 unspecified atom stereocenters. The molecule has 0 spiro atoms. The van der Waals surface area contributed by atoms with Crippen LogP contribution < -0.4 is 16.4 Å². The Morgan fingerprint density at radius 2 is 1.67 bits per heavy atom. The van der Waals surface area contributed by atoms with Gasteiger partial charge in [0.05, 0.1) is 12.6 Å². The third kappa shape index (κ3) is 5.43. The third-order valence-electron chi connectivity index (χ3n) is 3.23. The van der Waals surface area contributed by atoms with E-state index in [-0.39, 0.29) is 11.8 Å². The minimum Gasteiger partial charge on any atom is -0.450 e. The lowest BCUT2D eigenvalue weighted by Gasteiger charge is -2.17. The fraction of sp³-hybridized carbons (Fsp3) is 0.467. The molecule has 0 heterocycles. The number of hydrogen-bond acceptors (Lipinski definition) is 4. The first-order valence-electron chi connectivity index (χ1n) is 7.08. The summed E-state index contributed by atoms with van der Waals surface area (Å²) >= 11 is 0. The number of benzene rings is 1. The lowest BCUT2D eigenvalue weighted by molar-refractivity contribution is -0.118. The summed E-state index contributed by atoms with van der Waals surface area (Å²) < 4.78 is 4.77. The van der Waals surface area contributed by atoms with Crippen molar-refractivity contribution in [2.45, 2.75) is 33.2 Å². The summed E-state index contributed by atoms with van der Waals surface area (Å²) in [6.07, 6.45) is 0.338. The highest BCUT2D eigenvalue weighted by Crippen LogP contribution is 2.15. The standard InChI is InChI=1S/C15H23N3O3/c1-4-10(3)13(16)14(19)17-11-6-8-12(9-7-11)18-15(20)21-5-2/h6-10,13H,4-5,16H2,1-3H3,(H,17,19)(H,18,20)/t10?,13-/m0/s1. The normalized spacial score (nSPS) is 13.1. The molecule has 0 aliphatic carbocycles. The van der Waals surface area contributed by atoms with Crippen molar-refractivity contribution in [2.24, 2.45) is 11.7 Å². The Morgan fingerprint density at radius 1 is 1.14 bits per heavy atom. The Balaban J connectivity index is 2.58. The van der Waals surface area contributed by atoms with Gasteiger partial charge in [-0.1, -0.05) is 20.3 Å². The van der Waals surface area contributed by atoms with Crippen LogP contribution in [0, 0.1) is 5.92 Å². The molecule has 0 aromatic heterocycles. The fourth-order valence-electron chi connectivity index (χ4n) is 1.66. The van der Waals surface area contributed by atoms with Crippen molar-refractivity contribution in [3.63, 3.8) is 0 Å². The molecule has 0 fully saturated rings. The van der Waals surface area contributed by atoms with E-state index in [1.807, 2.05) is 13.8 Å². The number of ether oxygens (including phenoxy) is 1.